The number of amides is 1. The molecule has 0 spiro atoms. The van der Waals surface area contributed by atoms with Gasteiger partial charge in [-0.1, -0.05) is 19.1 Å². The fourth-order valence-corrected chi connectivity index (χ4v) is 2.74. The van der Waals surface area contributed by atoms with E-state index in [-0.39, 0.29) is 0 Å². The van der Waals surface area contributed by atoms with Crippen LogP contribution in [0.25, 0.3) is 0 Å². The molecule has 0 aromatic heterocycles. The lowest BCUT2D eigenvalue weighted by Crippen LogP contribution is -2.40. The molecule has 1 unspecified atom stereocenters. The molecular formula is C14H24N2O. The van der Waals surface area contributed by atoms with Gasteiger partial charge in [-0.25, -0.2) is 0 Å². The number of nitrogens with zero attached hydrogens (tertiary/aromatic N) is 1. The summed E-state index contributed by atoms with van der Waals surface area (Å²) < 4.78 is 0. The largest absolute Gasteiger partial charge is 0.342 e. The van der Waals surface area contributed by atoms with E-state index in [0.29, 0.717) is 24.3 Å². The summed E-state index contributed by atoms with van der Waals surface area (Å²) >= 11 is 0. The molecule has 0 radical (unpaired) electrons. The fourth-order valence-electron chi connectivity index (χ4n) is 2.74. The Balaban J connectivity index is 1.62. The van der Waals surface area contributed by atoms with Gasteiger partial charge in [0.2, 0.25) is 5.91 Å². The molecule has 1 fully saturated rings. The number of piperidine rings is 1. The molecule has 1 aliphatic carbocycles. The zero-order valence-electron chi connectivity index (χ0n) is 10.8. The van der Waals surface area contributed by atoms with Crippen molar-refractivity contribution in [3.8, 4) is 0 Å². The molecule has 1 aliphatic heterocycles. The van der Waals surface area contributed by atoms with E-state index in [4.69, 9.17) is 0 Å². The highest BCUT2D eigenvalue weighted by Gasteiger charge is 2.20. The second kappa shape index (κ2) is 6.20. The van der Waals surface area contributed by atoms with Gasteiger partial charge in [-0.05, 0) is 31.6 Å². The van der Waals surface area contributed by atoms with E-state index in [9.17, 15) is 4.79 Å². The number of carbonyl (C=O) groups excluding carboxylic acids is 1. The number of carbonyl (C=O) groups is 1. The van der Waals surface area contributed by atoms with E-state index in [1.54, 1.807) is 0 Å². The lowest BCUT2D eigenvalue weighted by Gasteiger charge is -2.31. The van der Waals surface area contributed by atoms with Crippen molar-refractivity contribution in [3.63, 3.8) is 0 Å². The average molecular weight is 236 g/mol. The number of likely N-dealkylation sites (tertiary alicyclic amines) is 1. The molecule has 0 saturated carbocycles. The van der Waals surface area contributed by atoms with Crippen LogP contribution in [0.1, 0.15) is 39.0 Å². The van der Waals surface area contributed by atoms with Crippen molar-refractivity contribution in [3.05, 3.63) is 12.2 Å². The molecular weight excluding hydrogens is 212 g/mol. The van der Waals surface area contributed by atoms with Crippen LogP contribution in [0.5, 0.6) is 0 Å². The van der Waals surface area contributed by atoms with Crippen LogP contribution >= 0.6 is 0 Å². The standard InChI is InChI=1S/C14H24N2O/c1-12-5-4-10-16(11-12)14(17)8-9-15-13-6-2-3-7-13/h2-3,12-13,15H,4-11H2,1H3. The summed E-state index contributed by atoms with van der Waals surface area (Å²) in [6.07, 6.45) is 9.77. The highest BCUT2D eigenvalue weighted by atomic mass is 16.2. The first-order chi connectivity index (χ1) is 8.25. The predicted octanol–water partition coefficient (Wildman–Crippen LogP) is 1.94. The Bertz CT molecular complexity index is 280. The van der Waals surface area contributed by atoms with Crippen molar-refractivity contribution in [1.29, 1.82) is 0 Å². The first-order valence-corrected chi connectivity index (χ1v) is 6.92. The normalized spacial score (nSPS) is 25.5. The van der Waals surface area contributed by atoms with Crippen molar-refractivity contribution >= 4 is 5.91 Å². The molecule has 2 rings (SSSR count). The molecule has 17 heavy (non-hydrogen) atoms. The minimum Gasteiger partial charge on any atom is -0.342 e. The Morgan fingerprint density at radius 1 is 1.41 bits per heavy atom. The van der Waals surface area contributed by atoms with Gasteiger partial charge in [-0.2, -0.15) is 0 Å². The van der Waals surface area contributed by atoms with Crippen LogP contribution in [0.4, 0.5) is 0 Å². The average Bonchev–Trinajstić information content (AvgIpc) is 2.82. The molecule has 1 N–H and O–H groups in total. The summed E-state index contributed by atoms with van der Waals surface area (Å²) in [6.45, 7) is 5.00. The SMILES string of the molecule is CC1CCCN(C(=O)CCNC2CC=CC2)C1. The summed E-state index contributed by atoms with van der Waals surface area (Å²) in [5, 5.41) is 3.45. The minimum atomic E-state index is 0.329. The summed E-state index contributed by atoms with van der Waals surface area (Å²) in [5.74, 6) is 1.01. The van der Waals surface area contributed by atoms with Gasteiger partial charge in [0.25, 0.3) is 0 Å². The van der Waals surface area contributed by atoms with Crippen LogP contribution < -0.4 is 5.32 Å². The lowest BCUT2D eigenvalue weighted by atomic mass is 10.00. The van der Waals surface area contributed by atoms with Gasteiger partial charge in [0.1, 0.15) is 0 Å². The molecule has 3 nitrogen and oxygen atoms in total. The smallest absolute Gasteiger partial charge is 0.223 e. The highest BCUT2D eigenvalue weighted by Crippen LogP contribution is 2.16. The summed E-state index contributed by atoms with van der Waals surface area (Å²) in [4.78, 5) is 14.0. The third kappa shape index (κ3) is 3.84. The summed E-state index contributed by atoms with van der Waals surface area (Å²) in [7, 11) is 0. The quantitative estimate of drug-likeness (QED) is 0.757. The Morgan fingerprint density at radius 2 is 2.18 bits per heavy atom. The first kappa shape index (κ1) is 12.6. The predicted molar refractivity (Wildman–Crippen MR) is 69.8 cm³/mol. The third-order valence-electron chi connectivity index (χ3n) is 3.79. The number of hydrogen-bond acceptors (Lipinski definition) is 2. The maximum absolute atomic E-state index is 12.0. The number of rotatable bonds is 4. The van der Waals surface area contributed by atoms with Gasteiger partial charge < -0.3 is 10.2 Å². The van der Waals surface area contributed by atoms with E-state index < -0.39 is 0 Å². The summed E-state index contributed by atoms with van der Waals surface area (Å²) in [6, 6.07) is 0.572. The van der Waals surface area contributed by atoms with Crippen LogP contribution in [-0.2, 0) is 4.79 Å². The van der Waals surface area contributed by atoms with Crippen LogP contribution in [0.3, 0.4) is 0 Å². The molecule has 0 aromatic rings. The Labute approximate surface area is 104 Å². The maximum Gasteiger partial charge on any atom is 0.223 e. The van der Waals surface area contributed by atoms with Crippen molar-refractivity contribution in [2.24, 2.45) is 5.92 Å². The Morgan fingerprint density at radius 3 is 2.88 bits per heavy atom. The molecule has 96 valence electrons. The second-order valence-electron chi connectivity index (χ2n) is 5.43. The van der Waals surface area contributed by atoms with Crippen LogP contribution in [0, 0.1) is 5.92 Å². The van der Waals surface area contributed by atoms with Gasteiger partial charge in [0.05, 0.1) is 0 Å². The molecule has 1 atom stereocenters. The number of hydrogen-bond donors (Lipinski definition) is 1. The lowest BCUT2D eigenvalue weighted by molar-refractivity contribution is -0.132. The first-order valence-electron chi connectivity index (χ1n) is 6.92. The molecule has 2 aliphatic rings. The molecule has 1 saturated heterocycles. The summed E-state index contributed by atoms with van der Waals surface area (Å²) in [5.41, 5.74) is 0. The van der Waals surface area contributed by atoms with E-state index in [1.807, 2.05) is 4.90 Å². The van der Waals surface area contributed by atoms with E-state index in [0.717, 1.165) is 32.5 Å². The highest BCUT2D eigenvalue weighted by molar-refractivity contribution is 5.76. The monoisotopic (exact) mass is 236 g/mol. The van der Waals surface area contributed by atoms with Gasteiger partial charge in [-0.3, -0.25) is 4.79 Å². The van der Waals surface area contributed by atoms with Gasteiger partial charge in [-0.15, -0.1) is 0 Å². The number of nitrogens with one attached hydrogen (secondary N) is 1. The van der Waals surface area contributed by atoms with Crippen LogP contribution in [-0.4, -0.2) is 36.5 Å². The van der Waals surface area contributed by atoms with Crippen LogP contribution in [0.15, 0.2) is 12.2 Å². The Hall–Kier alpha value is -0.830. The molecule has 0 bridgehead atoms. The minimum absolute atomic E-state index is 0.329. The fraction of sp³-hybridized carbons (Fsp3) is 0.786. The third-order valence-corrected chi connectivity index (χ3v) is 3.79. The van der Waals surface area contributed by atoms with E-state index in [1.165, 1.54) is 12.8 Å². The van der Waals surface area contributed by atoms with Crippen molar-refractivity contribution in [1.82, 2.24) is 10.2 Å². The van der Waals surface area contributed by atoms with Gasteiger partial charge >= 0.3 is 0 Å². The van der Waals surface area contributed by atoms with Crippen LogP contribution in [0.2, 0.25) is 0 Å². The zero-order valence-corrected chi connectivity index (χ0v) is 10.8. The van der Waals surface area contributed by atoms with E-state index >= 15 is 0 Å². The van der Waals surface area contributed by atoms with Crippen molar-refractivity contribution < 1.29 is 4.79 Å². The van der Waals surface area contributed by atoms with Gasteiger partial charge in [0.15, 0.2) is 0 Å². The topological polar surface area (TPSA) is 32.3 Å². The molecule has 1 amide bonds. The Kier molecular flexibility index (Phi) is 4.60. The zero-order chi connectivity index (χ0) is 12.1. The van der Waals surface area contributed by atoms with Gasteiger partial charge in [0, 0.05) is 32.1 Å². The van der Waals surface area contributed by atoms with Crippen molar-refractivity contribution in [2.45, 2.75) is 45.1 Å². The maximum atomic E-state index is 12.0. The molecule has 1 heterocycles. The molecule has 3 heteroatoms. The van der Waals surface area contributed by atoms with E-state index in [2.05, 4.69) is 24.4 Å². The second-order valence-corrected chi connectivity index (χ2v) is 5.43. The van der Waals surface area contributed by atoms with Crippen molar-refractivity contribution in [2.75, 3.05) is 19.6 Å². The molecule has 0 aromatic carbocycles.